The first kappa shape index (κ1) is 17.9. The zero-order valence-corrected chi connectivity index (χ0v) is 14.1. The van der Waals surface area contributed by atoms with Crippen molar-refractivity contribution in [2.45, 2.75) is 17.6 Å². The van der Waals surface area contributed by atoms with Crippen LogP contribution in [-0.2, 0) is 20.3 Å². The van der Waals surface area contributed by atoms with Gasteiger partial charge in [0.1, 0.15) is 17.1 Å². The topological polar surface area (TPSA) is 69.7 Å². The minimum atomic E-state index is -3.72. The summed E-state index contributed by atoms with van der Waals surface area (Å²) in [7, 11) is -2.36. The van der Waals surface area contributed by atoms with E-state index in [9.17, 15) is 17.6 Å². The van der Waals surface area contributed by atoms with E-state index in [2.05, 4.69) is 0 Å². The Kier molecular flexibility index (Phi) is 5.56. The number of hydrogen-bond acceptors (Lipinski definition) is 5. The van der Waals surface area contributed by atoms with Crippen molar-refractivity contribution in [2.75, 3.05) is 13.7 Å². The monoisotopic (exact) mass is 352 g/mol. The number of carbonyl (C=O) groups excluding carboxylic acids is 1. The highest BCUT2D eigenvalue weighted by molar-refractivity contribution is 7.90. The van der Waals surface area contributed by atoms with Crippen LogP contribution in [0.25, 0.3) is 0 Å². The van der Waals surface area contributed by atoms with Crippen LogP contribution < -0.4 is 4.74 Å². The van der Waals surface area contributed by atoms with Gasteiger partial charge in [0.2, 0.25) is 0 Å². The molecule has 0 aliphatic heterocycles. The lowest BCUT2D eigenvalue weighted by molar-refractivity contribution is 0.0522. The van der Waals surface area contributed by atoms with Crippen LogP contribution in [0.3, 0.4) is 0 Å². The molecular weight excluding hydrogens is 335 g/mol. The van der Waals surface area contributed by atoms with Crippen LogP contribution >= 0.6 is 0 Å². The van der Waals surface area contributed by atoms with Crippen LogP contribution in [0, 0.1) is 5.82 Å². The summed E-state index contributed by atoms with van der Waals surface area (Å²) in [5, 5.41) is 0. The van der Waals surface area contributed by atoms with Crippen LogP contribution in [0.1, 0.15) is 22.8 Å². The Morgan fingerprint density at radius 2 is 1.79 bits per heavy atom. The van der Waals surface area contributed by atoms with Gasteiger partial charge in [-0.2, -0.15) is 0 Å². The Balaban J connectivity index is 2.40. The van der Waals surface area contributed by atoms with Gasteiger partial charge >= 0.3 is 5.97 Å². The van der Waals surface area contributed by atoms with Crippen molar-refractivity contribution >= 4 is 15.8 Å². The molecule has 0 saturated heterocycles. The minimum Gasteiger partial charge on any atom is -0.496 e. The second-order valence-corrected chi connectivity index (χ2v) is 6.92. The van der Waals surface area contributed by atoms with E-state index in [1.54, 1.807) is 19.1 Å². The first-order valence-corrected chi connectivity index (χ1v) is 8.85. The summed E-state index contributed by atoms with van der Waals surface area (Å²) in [6.45, 7) is 1.87. The van der Waals surface area contributed by atoms with Gasteiger partial charge in [0.15, 0.2) is 9.84 Å². The van der Waals surface area contributed by atoms with Gasteiger partial charge in [-0.3, -0.25) is 0 Å². The second-order valence-electron chi connectivity index (χ2n) is 4.93. The molecule has 0 aliphatic rings. The Labute approximate surface area is 139 Å². The van der Waals surface area contributed by atoms with Crippen molar-refractivity contribution in [3.63, 3.8) is 0 Å². The normalized spacial score (nSPS) is 11.1. The lowest BCUT2D eigenvalue weighted by atomic mass is 10.1. The van der Waals surface area contributed by atoms with Crippen LogP contribution in [0.5, 0.6) is 5.75 Å². The van der Waals surface area contributed by atoms with Crippen molar-refractivity contribution in [2.24, 2.45) is 0 Å². The van der Waals surface area contributed by atoms with Crippen LogP contribution in [0.2, 0.25) is 0 Å². The number of carbonyl (C=O) groups is 1. The third kappa shape index (κ3) is 3.91. The van der Waals surface area contributed by atoms with Crippen molar-refractivity contribution in [3.8, 4) is 5.75 Å². The van der Waals surface area contributed by atoms with E-state index in [1.165, 1.54) is 25.3 Å². The molecular formula is C17H17FO5S. The summed E-state index contributed by atoms with van der Waals surface area (Å²) >= 11 is 0. The van der Waals surface area contributed by atoms with Gasteiger partial charge < -0.3 is 9.47 Å². The zero-order valence-electron chi connectivity index (χ0n) is 13.3. The average molecular weight is 352 g/mol. The molecule has 0 radical (unpaired) electrons. The molecule has 7 heteroatoms. The molecule has 0 saturated carbocycles. The van der Waals surface area contributed by atoms with Crippen molar-refractivity contribution in [1.82, 2.24) is 0 Å². The highest BCUT2D eigenvalue weighted by atomic mass is 32.2. The number of benzene rings is 2. The summed E-state index contributed by atoms with van der Waals surface area (Å²) in [4.78, 5) is 11.9. The Morgan fingerprint density at radius 1 is 1.12 bits per heavy atom. The maximum absolute atomic E-state index is 13.0. The van der Waals surface area contributed by atoms with E-state index in [-0.39, 0.29) is 28.6 Å². The number of halogens is 1. The predicted octanol–water partition coefficient (Wildman–Crippen LogP) is 2.98. The average Bonchev–Trinajstić information content (AvgIpc) is 2.55. The molecule has 128 valence electrons. The lowest BCUT2D eigenvalue weighted by Crippen LogP contribution is -2.11. The van der Waals surface area contributed by atoms with E-state index < -0.39 is 21.6 Å². The SMILES string of the molecule is CCOC(=O)c1cccc(CS(=O)(=O)c2ccc(F)cc2)c1OC. The summed E-state index contributed by atoms with van der Waals surface area (Å²) in [5.74, 6) is -1.33. The van der Waals surface area contributed by atoms with Crippen LogP contribution in [0.15, 0.2) is 47.4 Å². The minimum absolute atomic E-state index is 0.00695. The molecule has 2 aromatic rings. The standard InChI is InChI=1S/C17H17FO5S/c1-3-23-17(19)15-6-4-5-12(16(15)22-2)11-24(20,21)14-9-7-13(18)8-10-14/h4-10H,3,11H2,1-2H3. The molecule has 0 fully saturated rings. The van der Waals surface area contributed by atoms with Gasteiger partial charge in [0.25, 0.3) is 0 Å². The fraction of sp³-hybridized carbons (Fsp3) is 0.235. The number of esters is 1. The first-order chi connectivity index (χ1) is 11.4. The molecule has 0 N–H and O–H groups in total. The molecule has 2 rings (SSSR count). The van der Waals surface area contributed by atoms with Gasteiger partial charge in [-0.05, 0) is 37.3 Å². The molecule has 0 heterocycles. The van der Waals surface area contributed by atoms with E-state index in [0.717, 1.165) is 12.1 Å². The number of sulfone groups is 1. The number of ether oxygens (including phenoxy) is 2. The first-order valence-electron chi connectivity index (χ1n) is 7.20. The third-order valence-electron chi connectivity index (χ3n) is 3.31. The van der Waals surface area contributed by atoms with Gasteiger partial charge in [0, 0.05) is 5.56 Å². The number of methoxy groups -OCH3 is 1. The van der Waals surface area contributed by atoms with Crippen LogP contribution in [0.4, 0.5) is 4.39 Å². The maximum Gasteiger partial charge on any atom is 0.341 e. The summed E-state index contributed by atoms with van der Waals surface area (Å²) in [6.07, 6.45) is 0. The fourth-order valence-electron chi connectivity index (χ4n) is 2.24. The maximum atomic E-state index is 13.0. The molecule has 0 spiro atoms. The van der Waals surface area contributed by atoms with E-state index >= 15 is 0 Å². The van der Waals surface area contributed by atoms with E-state index in [1.807, 2.05) is 0 Å². The molecule has 2 aromatic carbocycles. The van der Waals surface area contributed by atoms with Gasteiger partial charge in [0.05, 0.1) is 24.4 Å². The van der Waals surface area contributed by atoms with E-state index in [4.69, 9.17) is 9.47 Å². The van der Waals surface area contributed by atoms with Crippen molar-refractivity contribution in [1.29, 1.82) is 0 Å². The largest absolute Gasteiger partial charge is 0.496 e. The van der Waals surface area contributed by atoms with E-state index in [0.29, 0.717) is 5.56 Å². The van der Waals surface area contributed by atoms with Crippen molar-refractivity contribution < 1.29 is 27.1 Å². The smallest absolute Gasteiger partial charge is 0.341 e. The molecule has 0 atom stereocenters. The molecule has 24 heavy (non-hydrogen) atoms. The van der Waals surface area contributed by atoms with Crippen LogP contribution in [-0.4, -0.2) is 28.1 Å². The number of para-hydroxylation sites is 1. The molecule has 0 unspecified atom stereocenters. The van der Waals surface area contributed by atoms with Crippen molar-refractivity contribution in [3.05, 3.63) is 59.4 Å². The zero-order chi connectivity index (χ0) is 17.7. The number of hydrogen-bond donors (Lipinski definition) is 0. The molecule has 0 aliphatic carbocycles. The lowest BCUT2D eigenvalue weighted by Gasteiger charge is -2.13. The van der Waals surface area contributed by atoms with Gasteiger partial charge in [-0.15, -0.1) is 0 Å². The highest BCUT2D eigenvalue weighted by Crippen LogP contribution is 2.28. The molecule has 5 nitrogen and oxygen atoms in total. The Morgan fingerprint density at radius 3 is 2.38 bits per heavy atom. The second kappa shape index (κ2) is 7.44. The summed E-state index contributed by atoms with van der Waals surface area (Å²) in [5.41, 5.74) is 0.485. The van der Waals surface area contributed by atoms with Gasteiger partial charge in [-0.25, -0.2) is 17.6 Å². The summed E-state index contributed by atoms with van der Waals surface area (Å²) < 4.78 is 48.1. The Bertz CT molecular complexity index is 829. The number of rotatable bonds is 6. The fourth-order valence-corrected chi connectivity index (χ4v) is 3.59. The molecule has 0 aromatic heterocycles. The highest BCUT2D eigenvalue weighted by Gasteiger charge is 2.22. The predicted molar refractivity (Wildman–Crippen MR) is 86.2 cm³/mol. The quantitative estimate of drug-likeness (QED) is 0.590. The molecule has 0 bridgehead atoms. The Hall–Kier alpha value is -2.41. The van der Waals surface area contributed by atoms with Gasteiger partial charge in [-0.1, -0.05) is 12.1 Å². The third-order valence-corrected chi connectivity index (χ3v) is 5.00. The summed E-state index contributed by atoms with van der Waals surface area (Å²) in [6, 6.07) is 9.19. The molecule has 0 amide bonds.